The molecule has 1 atom stereocenters. The van der Waals surface area contributed by atoms with Crippen molar-refractivity contribution in [3.8, 4) is 0 Å². The molecule has 1 aliphatic heterocycles. The highest BCUT2D eigenvalue weighted by atomic mass is 16.5. The normalized spacial score (nSPS) is 38.9. The first-order valence-corrected chi connectivity index (χ1v) is 7.00. The van der Waals surface area contributed by atoms with Gasteiger partial charge in [-0.1, -0.05) is 6.92 Å². The topological polar surface area (TPSA) is 52.3 Å². The second-order valence-corrected chi connectivity index (χ2v) is 5.95. The molecule has 0 radical (unpaired) electrons. The Morgan fingerprint density at radius 2 is 2.06 bits per heavy atom. The number of hydrogen-bond acceptors (Lipinski definition) is 3. The van der Waals surface area contributed by atoms with Crippen LogP contribution in [0.5, 0.6) is 0 Å². The van der Waals surface area contributed by atoms with E-state index in [0.29, 0.717) is 18.9 Å². The van der Waals surface area contributed by atoms with E-state index in [-0.39, 0.29) is 11.3 Å². The third-order valence-corrected chi connectivity index (χ3v) is 4.68. The van der Waals surface area contributed by atoms with E-state index in [1.165, 1.54) is 0 Å². The van der Waals surface area contributed by atoms with Crippen LogP contribution in [0.3, 0.4) is 0 Å². The zero-order chi connectivity index (χ0) is 12.3. The van der Waals surface area contributed by atoms with Crippen LogP contribution in [0.4, 0.5) is 0 Å². The molecule has 2 fully saturated rings. The second kappa shape index (κ2) is 5.49. The van der Waals surface area contributed by atoms with Gasteiger partial charge in [0.1, 0.15) is 5.78 Å². The van der Waals surface area contributed by atoms with Gasteiger partial charge in [0.15, 0.2) is 0 Å². The first kappa shape index (κ1) is 13.0. The summed E-state index contributed by atoms with van der Waals surface area (Å²) in [7, 11) is 0. The average Bonchev–Trinajstić information content (AvgIpc) is 2.40. The van der Waals surface area contributed by atoms with Gasteiger partial charge in [0.25, 0.3) is 0 Å². The van der Waals surface area contributed by atoms with Gasteiger partial charge < -0.3 is 10.5 Å². The van der Waals surface area contributed by atoms with Crippen molar-refractivity contribution in [1.29, 1.82) is 0 Å². The summed E-state index contributed by atoms with van der Waals surface area (Å²) in [4.78, 5) is 12.7. The number of ether oxygens (including phenoxy) is 1. The summed E-state index contributed by atoms with van der Waals surface area (Å²) < 4.78 is 5.44. The second-order valence-electron chi connectivity index (χ2n) is 5.95. The minimum atomic E-state index is -0.224. The molecular formula is C14H25NO2. The molecule has 17 heavy (non-hydrogen) atoms. The fourth-order valence-electron chi connectivity index (χ4n) is 3.25. The largest absolute Gasteiger partial charge is 0.381 e. The van der Waals surface area contributed by atoms with E-state index < -0.39 is 0 Å². The minimum Gasteiger partial charge on any atom is -0.381 e. The van der Waals surface area contributed by atoms with Crippen LogP contribution in [0.1, 0.15) is 45.4 Å². The highest BCUT2D eigenvalue weighted by Gasteiger charge is 2.42. The SMILES string of the molecule is CC1CCC(CN)(C(=O)C2CCCOC2)CC1. The number of ketones is 1. The molecule has 0 aromatic carbocycles. The van der Waals surface area contributed by atoms with Crippen molar-refractivity contribution in [3.05, 3.63) is 0 Å². The fourth-order valence-corrected chi connectivity index (χ4v) is 3.25. The molecule has 1 saturated carbocycles. The molecule has 0 amide bonds. The monoisotopic (exact) mass is 239 g/mol. The maximum atomic E-state index is 12.7. The van der Waals surface area contributed by atoms with E-state index in [1.807, 2.05) is 0 Å². The molecule has 0 bridgehead atoms. The van der Waals surface area contributed by atoms with Crippen molar-refractivity contribution < 1.29 is 9.53 Å². The van der Waals surface area contributed by atoms with E-state index in [0.717, 1.165) is 51.0 Å². The van der Waals surface area contributed by atoms with Crippen LogP contribution in [0.15, 0.2) is 0 Å². The average molecular weight is 239 g/mol. The predicted molar refractivity (Wildman–Crippen MR) is 67.7 cm³/mol. The van der Waals surface area contributed by atoms with Gasteiger partial charge in [-0.3, -0.25) is 4.79 Å². The number of nitrogens with two attached hydrogens (primary N) is 1. The lowest BCUT2D eigenvalue weighted by Crippen LogP contribution is -2.46. The summed E-state index contributed by atoms with van der Waals surface area (Å²) in [5.41, 5.74) is 5.71. The molecule has 0 aromatic heterocycles. The zero-order valence-corrected chi connectivity index (χ0v) is 10.9. The Morgan fingerprint density at radius 1 is 1.35 bits per heavy atom. The predicted octanol–water partition coefficient (Wildman–Crippen LogP) is 2.14. The van der Waals surface area contributed by atoms with Crippen LogP contribution in [-0.4, -0.2) is 25.5 Å². The fraction of sp³-hybridized carbons (Fsp3) is 0.929. The highest BCUT2D eigenvalue weighted by Crippen LogP contribution is 2.41. The lowest BCUT2D eigenvalue weighted by Gasteiger charge is -2.40. The lowest BCUT2D eigenvalue weighted by molar-refractivity contribution is -0.138. The Morgan fingerprint density at radius 3 is 2.59 bits per heavy atom. The van der Waals surface area contributed by atoms with Crippen LogP contribution in [0.25, 0.3) is 0 Å². The third-order valence-electron chi connectivity index (χ3n) is 4.68. The van der Waals surface area contributed by atoms with Crippen molar-refractivity contribution >= 4 is 5.78 Å². The van der Waals surface area contributed by atoms with Gasteiger partial charge in [-0.15, -0.1) is 0 Å². The Kier molecular flexibility index (Phi) is 4.21. The quantitative estimate of drug-likeness (QED) is 0.821. The Hall–Kier alpha value is -0.410. The zero-order valence-electron chi connectivity index (χ0n) is 10.9. The molecule has 2 rings (SSSR count). The van der Waals surface area contributed by atoms with Crippen LogP contribution in [0.2, 0.25) is 0 Å². The Labute approximate surface area is 104 Å². The molecule has 3 nitrogen and oxygen atoms in total. The smallest absolute Gasteiger partial charge is 0.145 e. The summed E-state index contributed by atoms with van der Waals surface area (Å²) in [5.74, 6) is 1.26. The van der Waals surface area contributed by atoms with Gasteiger partial charge in [-0.05, 0) is 44.4 Å². The van der Waals surface area contributed by atoms with Crippen LogP contribution in [-0.2, 0) is 9.53 Å². The van der Waals surface area contributed by atoms with Crippen LogP contribution < -0.4 is 5.73 Å². The summed E-state index contributed by atoms with van der Waals surface area (Å²) in [6.45, 7) is 4.23. The van der Waals surface area contributed by atoms with E-state index >= 15 is 0 Å². The summed E-state index contributed by atoms with van der Waals surface area (Å²) in [6.07, 6.45) is 6.29. The molecule has 1 aliphatic carbocycles. The third kappa shape index (κ3) is 2.71. The van der Waals surface area contributed by atoms with Crippen LogP contribution >= 0.6 is 0 Å². The van der Waals surface area contributed by atoms with Gasteiger partial charge in [-0.25, -0.2) is 0 Å². The molecule has 1 heterocycles. The maximum absolute atomic E-state index is 12.7. The molecule has 1 unspecified atom stereocenters. The van der Waals surface area contributed by atoms with Gasteiger partial charge >= 0.3 is 0 Å². The number of carbonyl (C=O) groups excluding carboxylic acids is 1. The van der Waals surface area contributed by atoms with Crippen LogP contribution in [0, 0.1) is 17.3 Å². The Bertz CT molecular complexity index is 263. The summed E-state index contributed by atoms with van der Waals surface area (Å²) in [5, 5.41) is 0. The number of rotatable bonds is 3. The minimum absolute atomic E-state index is 0.112. The molecule has 3 heteroatoms. The first-order valence-electron chi connectivity index (χ1n) is 7.00. The van der Waals surface area contributed by atoms with Gasteiger partial charge in [0, 0.05) is 24.5 Å². The summed E-state index contributed by atoms with van der Waals surface area (Å²) in [6, 6.07) is 0. The Balaban J connectivity index is 2.03. The lowest BCUT2D eigenvalue weighted by atomic mass is 9.65. The van der Waals surface area contributed by atoms with Crippen molar-refractivity contribution in [3.63, 3.8) is 0 Å². The molecule has 1 saturated heterocycles. The highest BCUT2D eigenvalue weighted by molar-refractivity contribution is 5.87. The number of carbonyl (C=O) groups is 1. The van der Waals surface area contributed by atoms with Crippen molar-refractivity contribution in [2.45, 2.75) is 45.4 Å². The molecular weight excluding hydrogens is 214 g/mol. The van der Waals surface area contributed by atoms with Gasteiger partial charge in [0.05, 0.1) is 6.61 Å². The van der Waals surface area contributed by atoms with Crippen molar-refractivity contribution in [1.82, 2.24) is 0 Å². The van der Waals surface area contributed by atoms with E-state index in [4.69, 9.17) is 10.5 Å². The number of Topliss-reactive ketones (excluding diaryl/α,β-unsaturated/α-hetero) is 1. The standard InChI is InChI=1S/C14H25NO2/c1-11-4-6-14(10-15,7-5-11)13(16)12-3-2-8-17-9-12/h11-12H,2-10,15H2,1H3. The molecule has 2 N–H and O–H groups in total. The van der Waals surface area contributed by atoms with Crippen molar-refractivity contribution in [2.24, 2.45) is 23.0 Å². The van der Waals surface area contributed by atoms with E-state index in [2.05, 4.69) is 6.92 Å². The molecule has 0 aromatic rings. The van der Waals surface area contributed by atoms with Crippen molar-refractivity contribution in [2.75, 3.05) is 19.8 Å². The van der Waals surface area contributed by atoms with Gasteiger partial charge in [-0.2, -0.15) is 0 Å². The van der Waals surface area contributed by atoms with Gasteiger partial charge in [0.2, 0.25) is 0 Å². The molecule has 0 spiro atoms. The molecule has 98 valence electrons. The summed E-state index contributed by atoms with van der Waals surface area (Å²) >= 11 is 0. The van der Waals surface area contributed by atoms with E-state index in [1.54, 1.807) is 0 Å². The first-order chi connectivity index (χ1) is 8.18. The van der Waals surface area contributed by atoms with E-state index in [9.17, 15) is 4.79 Å². The maximum Gasteiger partial charge on any atom is 0.145 e. The molecule has 2 aliphatic rings. The number of hydrogen-bond donors (Lipinski definition) is 1.